The molecule has 2 fully saturated rings. The molecule has 1 atom stereocenters. The highest BCUT2D eigenvalue weighted by molar-refractivity contribution is 5.80. The Labute approximate surface area is 126 Å². The molecule has 21 heavy (non-hydrogen) atoms. The highest BCUT2D eigenvalue weighted by atomic mass is 16.2. The van der Waals surface area contributed by atoms with Crippen molar-refractivity contribution in [3.63, 3.8) is 0 Å². The fraction of sp³-hybridized carbons (Fsp3) is 0.611. The first kappa shape index (κ1) is 13.3. The van der Waals surface area contributed by atoms with E-state index in [4.69, 9.17) is 0 Å². The van der Waals surface area contributed by atoms with Gasteiger partial charge in [0.25, 0.3) is 0 Å². The highest BCUT2D eigenvalue weighted by Crippen LogP contribution is 2.29. The molecule has 1 heterocycles. The minimum atomic E-state index is 0.350. The zero-order chi connectivity index (χ0) is 14.2. The van der Waals surface area contributed by atoms with Gasteiger partial charge < -0.3 is 10.2 Å². The Morgan fingerprint density at radius 1 is 0.952 bits per heavy atom. The van der Waals surface area contributed by atoms with Gasteiger partial charge in [-0.1, -0.05) is 37.1 Å². The fourth-order valence-corrected chi connectivity index (χ4v) is 4.38. The number of benzene rings is 1. The van der Waals surface area contributed by atoms with Gasteiger partial charge in [-0.3, -0.25) is 4.79 Å². The van der Waals surface area contributed by atoms with Crippen LogP contribution in [0, 0.1) is 0 Å². The molecule has 3 heteroatoms. The van der Waals surface area contributed by atoms with Crippen LogP contribution in [0.25, 0.3) is 0 Å². The van der Waals surface area contributed by atoms with E-state index in [-0.39, 0.29) is 0 Å². The molecule has 1 aromatic rings. The number of likely N-dealkylation sites (tertiary alicyclic amines) is 1. The van der Waals surface area contributed by atoms with Gasteiger partial charge in [0.05, 0.1) is 0 Å². The standard InChI is InChI=1S/C18H24N2O/c21-18-11-16(19-15-7-3-4-8-15)12-20(18)17-9-13-5-1-2-6-14(13)10-17/h1-2,5-6,15-17,19H,3-4,7-12H2/t16-/m0/s1. The van der Waals surface area contributed by atoms with Crippen molar-refractivity contribution in [2.75, 3.05) is 6.54 Å². The lowest BCUT2D eigenvalue weighted by Gasteiger charge is -2.25. The van der Waals surface area contributed by atoms with Gasteiger partial charge >= 0.3 is 0 Å². The molecule has 3 aliphatic rings. The topological polar surface area (TPSA) is 32.3 Å². The molecule has 2 aliphatic carbocycles. The summed E-state index contributed by atoms with van der Waals surface area (Å²) in [5.41, 5.74) is 2.87. The zero-order valence-electron chi connectivity index (χ0n) is 12.6. The maximum absolute atomic E-state index is 12.4. The van der Waals surface area contributed by atoms with E-state index in [1.165, 1.54) is 36.8 Å². The van der Waals surface area contributed by atoms with Crippen molar-refractivity contribution >= 4 is 5.91 Å². The highest BCUT2D eigenvalue weighted by Gasteiger charge is 2.37. The van der Waals surface area contributed by atoms with Gasteiger partial charge in [-0.2, -0.15) is 0 Å². The third kappa shape index (κ3) is 2.59. The minimum absolute atomic E-state index is 0.350. The number of fused-ring (bicyclic) bond motifs is 1. The maximum Gasteiger partial charge on any atom is 0.224 e. The molecule has 1 aliphatic heterocycles. The van der Waals surface area contributed by atoms with Crippen LogP contribution < -0.4 is 5.32 Å². The van der Waals surface area contributed by atoms with Crippen molar-refractivity contribution in [1.82, 2.24) is 10.2 Å². The molecule has 0 unspecified atom stereocenters. The second-order valence-corrected chi connectivity index (χ2v) is 6.93. The van der Waals surface area contributed by atoms with E-state index in [1.54, 1.807) is 0 Å². The number of nitrogens with one attached hydrogen (secondary N) is 1. The molecule has 1 amide bonds. The van der Waals surface area contributed by atoms with Crippen molar-refractivity contribution in [3.8, 4) is 0 Å². The first-order valence-electron chi connectivity index (χ1n) is 8.42. The normalized spacial score (nSPS) is 26.8. The van der Waals surface area contributed by atoms with Crippen molar-refractivity contribution in [3.05, 3.63) is 35.4 Å². The predicted octanol–water partition coefficient (Wildman–Crippen LogP) is 2.29. The summed E-state index contributed by atoms with van der Waals surface area (Å²) in [6.45, 7) is 0.911. The van der Waals surface area contributed by atoms with Crippen LogP contribution in [0.2, 0.25) is 0 Å². The van der Waals surface area contributed by atoms with E-state index in [9.17, 15) is 4.79 Å². The van der Waals surface area contributed by atoms with E-state index in [1.807, 2.05) is 0 Å². The van der Waals surface area contributed by atoms with Crippen molar-refractivity contribution < 1.29 is 4.79 Å². The molecule has 0 bridgehead atoms. The number of nitrogens with zero attached hydrogens (tertiary/aromatic N) is 1. The summed E-state index contributed by atoms with van der Waals surface area (Å²) in [6, 6.07) is 10.1. The molecule has 1 aromatic carbocycles. The summed E-state index contributed by atoms with van der Waals surface area (Å²) >= 11 is 0. The smallest absolute Gasteiger partial charge is 0.224 e. The summed E-state index contributed by atoms with van der Waals surface area (Å²) in [5, 5.41) is 3.72. The lowest BCUT2D eigenvalue weighted by Crippen LogP contribution is -2.41. The third-order valence-corrected chi connectivity index (χ3v) is 5.46. The Morgan fingerprint density at radius 3 is 2.29 bits per heavy atom. The first-order valence-corrected chi connectivity index (χ1v) is 8.42. The van der Waals surface area contributed by atoms with Gasteiger partial charge in [-0.25, -0.2) is 0 Å². The van der Waals surface area contributed by atoms with Crippen LogP contribution in [-0.2, 0) is 17.6 Å². The van der Waals surface area contributed by atoms with Crippen LogP contribution >= 0.6 is 0 Å². The van der Waals surface area contributed by atoms with Gasteiger partial charge in [0.15, 0.2) is 0 Å². The van der Waals surface area contributed by atoms with Gasteiger partial charge in [-0.15, -0.1) is 0 Å². The minimum Gasteiger partial charge on any atom is -0.337 e. The van der Waals surface area contributed by atoms with E-state index in [0.717, 1.165) is 19.4 Å². The Balaban J connectivity index is 1.39. The van der Waals surface area contributed by atoms with Crippen LogP contribution in [0.3, 0.4) is 0 Å². The van der Waals surface area contributed by atoms with Crippen LogP contribution in [0.1, 0.15) is 43.2 Å². The van der Waals surface area contributed by atoms with Crippen LogP contribution in [-0.4, -0.2) is 35.5 Å². The van der Waals surface area contributed by atoms with E-state index < -0.39 is 0 Å². The maximum atomic E-state index is 12.4. The van der Waals surface area contributed by atoms with Gasteiger partial charge in [-0.05, 0) is 36.8 Å². The molecule has 1 N–H and O–H groups in total. The number of carbonyl (C=O) groups is 1. The van der Waals surface area contributed by atoms with Crippen molar-refractivity contribution in [2.24, 2.45) is 0 Å². The average molecular weight is 284 g/mol. The number of amides is 1. The van der Waals surface area contributed by atoms with Crippen LogP contribution in [0.4, 0.5) is 0 Å². The van der Waals surface area contributed by atoms with Crippen molar-refractivity contribution in [1.29, 1.82) is 0 Å². The molecular weight excluding hydrogens is 260 g/mol. The molecule has 0 spiro atoms. The SMILES string of the molecule is O=C1C[C@H](NC2CCCC2)CN1C1Cc2ccccc2C1. The average Bonchev–Trinajstić information content (AvgIpc) is 3.18. The summed E-state index contributed by atoms with van der Waals surface area (Å²) < 4.78 is 0. The van der Waals surface area contributed by atoms with Crippen LogP contribution in [0.5, 0.6) is 0 Å². The molecule has 1 saturated carbocycles. The molecule has 3 nitrogen and oxygen atoms in total. The summed E-state index contributed by atoms with van der Waals surface area (Å²) in [7, 11) is 0. The monoisotopic (exact) mass is 284 g/mol. The Bertz CT molecular complexity index is 511. The number of hydrogen-bond acceptors (Lipinski definition) is 2. The number of rotatable bonds is 3. The van der Waals surface area contributed by atoms with E-state index in [0.29, 0.717) is 30.5 Å². The summed E-state index contributed by atoms with van der Waals surface area (Å²) in [4.78, 5) is 14.5. The third-order valence-electron chi connectivity index (χ3n) is 5.46. The Morgan fingerprint density at radius 2 is 1.62 bits per heavy atom. The Hall–Kier alpha value is -1.35. The zero-order valence-corrected chi connectivity index (χ0v) is 12.6. The van der Waals surface area contributed by atoms with Gasteiger partial charge in [0.1, 0.15) is 0 Å². The molecule has 0 radical (unpaired) electrons. The first-order chi connectivity index (χ1) is 10.3. The summed E-state index contributed by atoms with van der Waals surface area (Å²) in [5.74, 6) is 0.350. The van der Waals surface area contributed by atoms with Gasteiger partial charge in [0, 0.05) is 31.1 Å². The van der Waals surface area contributed by atoms with Gasteiger partial charge in [0.2, 0.25) is 5.91 Å². The van der Waals surface area contributed by atoms with E-state index >= 15 is 0 Å². The largest absolute Gasteiger partial charge is 0.337 e. The molecule has 4 rings (SSSR count). The summed E-state index contributed by atoms with van der Waals surface area (Å²) in [6.07, 6.45) is 8.05. The van der Waals surface area contributed by atoms with E-state index in [2.05, 4.69) is 34.5 Å². The number of carbonyl (C=O) groups excluding carboxylic acids is 1. The molecule has 112 valence electrons. The predicted molar refractivity (Wildman–Crippen MR) is 83.1 cm³/mol. The second-order valence-electron chi connectivity index (χ2n) is 6.93. The lowest BCUT2D eigenvalue weighted by atomic mass is 10.1. The quantitative estimate of drug-likeness (QED) is 0.923. The number of hydrogen-bond donors (Lipinski definition) is 1. The molecular formula is C18H24N2O. The Kier molecular flexibility index (Phi) is 3.46. The molecule has 0 aromatic heterocycles. The fourth-order valence-electron chi connectivity index (χ4n) is 4.38. The molecule has 1 saturated heterocycles. The van der Waals surface area contributed by atoms with Crippen molar-refractivity contribution in [2.45, 2.75) is 63.1 Å². The van der Waals surface area contributed by atoms with Crippen LogP contribution in [0.15, 0.2) is 24.3 Å². The second kappa shape index (κ2) is 5.45. The lowest BCUT2D eigenvalue weighted by molar-refractivity contribution is -0.129.